The van der Waals surface area contributed by atoms with Crippen molar-refractivity contribution in [2.24, 2.45) is 0 Å². The molecule has 1 N–H and O–H groups in total. The molecule has 23 heavy (non-hydrogen) atoms. The van der Waals surface area contributed by atoms with Crippen molar-refractivity contribution in [2.75, 3.05) is 13.7 Å². The van der Waals surface area contributed by atoms with E-state index in [0.29, 0.717) is 34.8 Å². The number of aromatic nitrogens is 3. The molecule has 0 bridgehead atoms. The first-order valence-corrected chi connectivity index (χ1v) is 7.28. The van der Waals surface area contributed by atoms with Crippen molar-refractivity contribution in [3.05, 3.63) is 47.8 Å². The summed E-state index contributed by atoms with van der Waals surface area (Å²) in [7, 11) is 1.34. The van der Waals surface area contributed by atoms with E-state index in [1.165, 1.54) is 7.11 Å². The van der Waals surface area contributed by atoms with Crippen molar-refractivity contribution in [3.63, 3.8) is 0 Å². The lowest BCUT2D eigenvalue weighted by Crippen LogP contribution is -2.07. The van der Waals surface area contributed by atoms with Gasteiger partial charge < -0.3 is 14.4 Å². The highest BCUT2D eigenvalue weighted by Crippen LogP contribution is 2.25. The number of pyridine rings is 1. The van der Waals surface area contributed by atoms with Gasteiger partial charge in [-0.1, -0.05) is 30.3 Å². The van der Waals surface area contributed by atoms with Gasteiger partial charge in [0.2, 0.25) is 0 Å². The number of esters is 1. The number of nitrogens with zero attached hydrogens (tertiary/aromatic N) is 3. The van der Waals surface area contributed by atoms with Crippen molar-refractivity contribution in [3.8, 4) is 11.3 Å². The van der Waals surface area contributed by atoms with E-state index in [1.54, 1.807) is 10.6 Å². The molecule has 0 fully saturated rings. The van der Waals surface area contributed by atoms with Crippen LogP contribution in [0.2, 0.25) is 0 Å². The largest absolute Gasteiger partial charge is 0.465 e. The van der Waals surface area contributed by atoms with Crippen LogP contribution in [0, 0.1) is 6.92 Å². The standard InChI is InChI=1S/C17H17N3O3/c1-11-18-15-13(17(22)23-2)10-14(12-6-4-3-5-7-12)19-16(15)20(11)8-9-21/h3-7,10,21H,8-9H2,1-2H3. The van der Waals surface area contributed by atoms with Crippen LogP contribution < -0.4 is 0 Å². The second kappa shape index (κ2) is 6.18. The first-order valence-electron chi connectivity index (χ1n) is 7.28. The molecule has 0 radical (unpaired) electrons. The summed E-state index contributed by atoms with van der Waals surface area (Å²) in [6, 6.07) is 11.3. The van der Waals surface area contributed by atoms with Crippen LogP contribution in [0.5, 0.6) is 0 Å². The number of hydrogen-bond donors (Lipinski definition) is 1. The van der Waals surface area contributed by atoms with E-state index in [0.717, 1.165) is 5.56 Å². The zero-order chi connectivity index (χ0) is 16.4. The Morgan fingerprint density at radius 3 is 2.65 bits per heavy atom. The third kappa shape index (κ3) is 2.68. The van der Waals surface area contributed by atoms with Crippen molar-refractivity contribution in [1.82, 2.24) is 14.5 Å². The summed E-state index contributed by atoms with van der Waals surface area (Å²) in [6.07, 6.45) is 0. The fourth-order valence-corrected chi connectivity index (χ4v) is 2.59. The molecule has 2 heterocycles. The quantitative estimate of drug-likeness (QED) is 0.747. The second-order valence-corrected chi connectivity index (χ2v) is 5.12. The minimum Gasteiger partial charge on any atom is -0.465 e. The normalized spacial score (nSPS) is 10.9. The molecule has 0 aliphatic rings. The second-order valence-electron chi connectivity index (χ2n) is 5.12. The predicted molar refractivity (Wildman–Crippen MR) is 86.1 cm³/mol. The minimum absolute atomic E-state index is 0.0307. The summed E-state index contributed by atoms with van der Waals surface area (Å²) in [4.78, 5) is 21.2. The van der Waals surface area contributed by atoms with Gasteiger partial charge in [0, 0.05) is 12.1 Å². The number of ether oxygens (including phenoxy) is 1. The van der Waals surface area contributed by atoms with Gasteiger partial charge in [-0.25, -0.2) is 14.8 Å². The van der Waals surface area contributed by atoms with Crippen molar-refractivity contribution in [1.29, 1.82) is 0 Å². The number of methoxy groups -OCH3 is 1. The Balaban J connectivity index is 2.31. The Kier molecular flexibility index (Phi) is 4.08. The molecule has 1 aromatic carbocycles. The van der Waals surface area contributed by atoms with Gasteiger partial charge in [-0.15, -0.1) is 0 Å². The summed E-state index contributed by atoms with van der Waals surface area (Å²) in [6.45, 7) is 2.16. The maximum Gasteiger partial charge on any atom is 0.340 e. The number of aryl methyl sites for hydroxylation is 1. The van der Waals surface area contributed by atoms with Crippen LogP contribution in [-0.4, -0.2) is 39.3 Å². The molecule has 0 spiro atoms. The van der Waals surface area contributed by atoms with E-state index in [4.69, 9.17) is 4.74 Å². The molecular weight excluding hydrogens is 294 g/mol. The van der Waals surface area contributed by atoms with Crippen LogP contribution in [-0.2, 0) is 11.3 Å². The molecule has 3 aromatic rings. The van der Waals surface area contributed by atoms with E-state index >= 15 is 0 Å². The first-order chi connectivity index (χ1) is 11.2. The van der Waals surface area contributed by atoms with E-state index in [2.05, 4.69) is 9.97 Å². The first kappa shape index (κ1) is 15.2. The highest BCUT2D eigenvalue weighted by atomic mass is 16.5. The summed E-state index contributed by atoms with van der Waals surface area (Å²) >= 11 is 0. The molecule has 0 unspecified atom stereocenters. The van der Waals surface area contributed by atoms with Gasteiger partial charge in [-0.2, -0.15) is 0 Å². The molecule has 6 nitrogen and oxygen atoms in total. The molecular formula is C17H17N3O3. The number of benzene rings is 1. The van der Waals surface area contributed by atoms with E-state index < -0.39 is 5.97 Å². The van der Waals surface area contributed by atoms with Gasteiger partial charge in [-0.3, -0.25) is 0 Å². The predicted octanol–water partition coefficient (Wildman–Crippen LogP) is 2.19. The van der Waals surface area contributed by atoms with Gasteiger partial charge in [0.25, 0.3) is 0 Å². The summed E-state index contributed by atoms with van der Waals surface area (Å²) in [5, 5.41) is 9.26. The number of aliphatic hydroxyl groups excluding tert-OH is 1. The average Bonchev–Trinajstić information content (AvgIpc) is 2.90. The number of imidazole rings is 1. The summed E-state index contributed by atoms with van der Waals surface area (Å²) < 4.78 is 6.68. The van der Waals surface area contributed by atoms with Crippen molar-refractivity contribution < 1.29 is 14.6 Å². The van der Waals surface area contributed by atoms with Gasteiger partial charge in [-0.05, 0) is 13.0 Å². The zero-order valence-corrected chi connectivity index (χ0v) is 13.0. The Morgan fingerprint density at radius 2 is 2.00 bits per heavy atom. The molecule has 118 valence electrons. The van der Waals surface area contributed by atoms with Crippen LogP contribution in [0.4, 0.5) is 0 Å². The number of carbonyl (C=O) groups is 1. The van der Waals surface area contributed by atoms with E-state index in [-0.39, 0.29) is 6.61 Å². The third-order valence-electron chi connectivity index (χ3n) is 3.69. The maximum atomic E-state index is 12.1. The van der Waals surface area contributed by atoms with Gasteiger partial charge in [0.1, 0.15) is 11.3 Å². The van der Waals surface area contributed by atoms with Gasteiger partial charge in [0.05, 0.1) is 25.0 Å². The van der Waals surface area contributed by atoms with E-state index in [1.807, 2.05) is 37.3 Å². The smallest absolute Gasteiger partial charge is 0.340 e. The Labute approximate surface area is 133 Å². The fraction of sp³-hybridized carbons (Fsp3) is 0.235. The Hall–Kier alpha value is -2.73. The molecule has 0 saturated carbocycles. The molecule has 2 aromatic heterocycles. The lowest BCUT2D eigenvalue weighted by molar-refractivity contribution is 0.0602. The Bertz CT molecular complexity index is 856. The van der Waals surface area contributed by atoms with E-state index in [9.17, 15) is 9.90 Å². The molecule has 3 rings (SSSR count). The van der Waals surface area contributed by atoms with Crippen molar-refractivity contribution in [2.45, 2.75) is 13.5 Å². The van der Waals surface area contributed by atoms with Crippen LogP contribution in [0.3, 0.4) is 0 Å². The topological polar surface area (TPSA) is 77.2 Å². The fourth-order valence-electron chi connectivity index (χ4n) is 2.59. The highest BCUT2D eigenvalue weighted by molar-refractivity contribution is 6.02. The molecule has 0 saturated heterocycles. The maximum absolute atomic E-state index is 12.1. The third-order valence-corrected chi connectivity index (χ3v) is 3.69. The monoisotopic (exact) mass is 311 g/mol. The molecule has 0 atom stereocenters. The number of carbonyl (C=O) groups excluding carboxylic acids is 1. The van der Waals surface area contributed by atoms with Gasteiger partial charge >= 0.3 is 5.97 Å². The summed E-state index contributed by atoms with van der Waals surface area (Å²) in [5.41, 5.74) is 2.99. The van der Waals surface area contributed by atoms with Crippen LogP contribution in [0.25, 0.3) is 22.4 Å². The van der Waals surface area contributed by atoms with Crippen LogP contribution >= 0.6 is 0 Å². The minimum atomic E-state index is -0.455. The van der Waals surface area contributed by atoms with Crippen LogP contribution in [0.15, 0.2) is 36.4 Å². The molecule has 6 heteroatoms. The number of hydrogen-bond acceptors (Lipinski definition) is 5. The van der Waals surface area contributed by atoms with Crippen LogP contribution in [0.1, 0.15) is 16.2 Å². The lowest BCUT2D eigenvalue weighted by atomic mass is 10.1. The molecule has 0 aliphatic carbocycles. The average molecular weight is 311 g/mol. The van der Waals surface area contributed by atoms with Crippen molar-refractivity contribution >= 4 is 17.1 Å². The number of rotatable bonds is 4. The number of fused-ring (bicyclic) bond motifs is 1. The Morgan fingerprint density at radius 1 is 1.26 bits per heavy atom. The number of aliphatic hydroxyl groups is 1. The highest BCUT2D eigenvalue weighted by Gasteiger charge is 2.19. The zero-order valence-electron chi connectivity index (χ0n) is 13.0. The molecule has 0 aliphatic heterocycles. The SMILES string of the molecule is COC(=O)c1cc(-c2ccccc2)nc2c1nc(C)n2CCO. The summed E-state index contributed by atoms with van der Waals surface area (Å²) in [5.74, 6) is 0.236. The molecule has 0 amide bonds. The lowest BCUT2D eigenvalue weighted by Gasteiger charge is -2.08. The van der Waals surface area contributed by atoms with Gasteiger partial charge in [0.15, 0.2) is 5.65 Å².